The number of rotatable bonds is 6. The van der Waals surface area contributed by atoms with Crippen LogP contribution in [0.25, 0.3) is 0 Å². The molecule has 0 spiro atoms. The van der Waals surface area contributed by atoms with E-state index in [1.807, 2.05) is 0 Å². The zero-order chi connectivity index (χ0) is 17.7. The van der Waals surface area contributed by atoms with E-state index in [2.05, 4.69) is 5.32 Å². The standard InChI is InChI=1S/C18H19F3N2O/c1-12(16-8-7-15(20)9-17(16)21)22-18(24)11-23(2)10-13-3-5-14(19)6-4-13/h3-9,12H,10-11H2,1-2H3,(H,22,24)/t12-/m1/s1. The van der Waals surface area contributed by atoms with Crippen LogP contribution in [-0.4, -0.2) is 24.4 Å². The summed E-state index contributed by atoms with van der Waals surface area (Å²) in [5.74, 6) is -1.94. The maximum absolute atomic E-state index is 13.7. The Labute approximate surface area is 139 Å². The third kappa shape index (κ3) is 5.09. The fourth-order valence-electron chi connectivity index (χ4n) is 2.42. The normalized spacial score (nSPS) is 12.2. The van der Waals surface area contributed by atoms with Crippen LogP contribution in [0, 0.1) is 17.5 Å². The number of carbonyl (C=O) groups is 1. The topological polar surface area (TPSA) is 32.3 Å². The van der Waals surface area contributed by atoms with Crippen LogP contribution in [0.15, 0.2) is 42.5 Å². The largest absolute Gasteiger partial charge is 0.348 e. The third-order valence-corrected chi connectivity index (χ3v) is 3.59. The molecule has 2 aromatic carbocycles. The summed E-state index contributed by atoms with van der Waals surface area (Å²) in [7, 11) is 1.76. The van der Waals surface area contributed by atoms with Gasteiger partial charge in [0.2, 0.25) is 5.91 Å². The van der Waals surface area contributed by atoms with Crippen molar-refractivity contribution in [1.29, 1.82) is 0 Å². The number of hydrogen-bond donors (Lipinski definition) is 1. The quantitative estimate of drug-likeness (QED) is 0.877. The number of amides is 1. The van der Waals surface area contributed by atoms with Gasteiger partial charge in [-0.3, -0.25) is 9.69 Å². The molecule has 0 heterocycles. The second kappa shape index (κ2) is 7.97. The highest BCUT2D eigenvalue weighted by Crippen LogP contribution is 2.17. The van der Waals surface area contributed by atoms with E-state index >= 15 is 0 Å². The summed E-state index contributed by atoms with van der Waals surface area (Å²) in [6.45, 7) is 2.21. The summed E-state index contributed by atoms with van der Waals surface area (Å²) >= 11 is 0. The molecular weight excluding hydrogens is 317 g/mol. The molecule has 0 aliphatic heterocycles. The van der Waals surface area contributed by atoms with Crippen LogP contribution in [0.3, 0.4) is 0 Å². The van der Waals surface area contributed by atoms with Crippen molar-refractivity contribution in [1.82, 2.24) is 10.2 Å². The fraction of sp³-hybridized carbons (Fsp3) is 0.278. The first-order chi connectivity index (χ1) is 11.3. The summed E-state index contributed by atoms with van der Waals surface area (Å²) in [6, 6.07) is 8.72. The number of halogens is 3. The number of likely N-dealkylation sites (N-methyl/N-ethyl adjacent to an activating group) is 1. The first-order valence-corrected chi connectivity index (χ1v) is 7.52. The third-order valence-electron chi connectivity index (χ3n) is 3.59. The molecule has 1 atom stereocenters. The maximum atomic E-state index is 13.7. The molecule has 1 amide bonds. The van der Waals surface area contributed by atoms with Crippen molar-refractivity contribution in [3.63, 3.8) is 0 Å². The highest BCUT2D eigenvalue weighted by atomic mass is 19.1. The molecule has 0 radical (unpaired) electrons. The zero-order valence-corrected chi connectivity index (χ0v) is 13.5. The van der Waals surface area contributed by atoms with Gasteiger partial charge in [-0.05, 0) is 37.7 Å². The van der Waals surface area contributed by atoms with E-state index < -0.39 is 17.7 Å². The molecule has 3 nitrogen and oxygen atoms in total. The van der Waals surface area contributed by atoms with Gasteiger partial charge in [-0.15, -0.1) is 0 Å². The van der Waals surface area contributed by atoms with Crippen LogP contribution >= 0.6 is 0 Å². The molecule has 0 bridgehead atoms. The molecule has 0 aliphatic carbocycles. The van der Waals surface area contributed by atoms with Gasteiger partial charge in [0, 0.05) is 18.2 Å². The molecule has 128 valence electrons. The lowest BCUT2D eigenvalue weighted by molar-refractivity contribution is -0.122. The summed E-state index contributed by atoms with van der Waals surface area (Å²) in [4.78, 5) is 13.8. The van der Waals surface area contributed by atoms with Crippen LogP contribution in [0.4, 0.5) is 13.2 Å². The van der Waals surface area contributed by atoms with Crippen LogP contribution in [0.2, 0.25) is 0 Å². The van der Waals surface area contributed by atoms with Crippen molar-refractivity contribution in [2.45, 2.75) is 19.5 Å². The van der Waals surface area contributed by atoms with Crippen LogP contribution < -0.4 is 5.32 Å². The van der Waals surface area contributed by atoms with Crippen molar-refractivity contribution in [2.24, 2.45) is 0 Å². The van der Waals surface area contributed by atoms with Gasteiger partial charge < -0.3 is 5.32 Å². The van der Waals surface area contributed by atoms with Crippen molar-refractivity contribution in [3.8, 4) is 0 Å². The van der Waals surface area contributed by atoms with E-state index in [9.17, 15) is 18.0 Å². The van der Waals surface area contributed by atoms with Crippen molar-refractivity contribution >= 4 is 5.91 Å². The van der Waals surface area contributed by atoms with Crippen LogP contribution in [-0.2, 0) is 11.3 Å². The van der Waals surface area contributed by atoms with Gasteiger partial charge in [-0.1, -0.05) is 18.2 Å². The lowest BCUT2D eigenvalue weighted by atomic mass is 10.1. The number of hydrogen-bond acceptors (Lipinski definition) is 2. The number of carbonyl (C=O) groups excluding carboxylic acids is 1. The molecule has 0 saturated heterocycles. The molecule has 0 aromatic heterocycles. The first kappa shape index (κ1) is 18.0. The van der Waals surface area contributed by atoms with Gasteiger partial charge in [0.05, 0.1) is 12.6 Å². The predicted octanol–water partition coefficient (Wildman–Crippen LogP) is 3.41. The predicted molar refractivity (Wildman–Crippen MR) is 85.6 cm³/mol. The Bertz CT molecular complexity index is 704. The maximum Gasteiger partial charge on any atom is 0.234 e. The molecule has 0 aliphatic rings. The SMILES string of the molecule is C[C@@H](NC(=O)CN(C)Cc1ccc(F)cc1)c1ccc(F)cc1F. The Morgan fingerprint density at radius 3 is 2.33 bits per heavy atom. The number of nitrogens with zero attached hydrogens (tertiary/aromatic N) is 1. The molecule has 24 heavy (non-hydrogen) atoms. The van der Waals surface area contributed by atoms with Gasteiger partial charge >= 0.3 is 0 Å². The van der Waals surface area contributed by atoms with Crippen LogP contribution in [0.1, 0.15) is 24.1 Å². The average Bonchev–Trinajstić information content (AvgIpc) is 2.49. The summed E-state index contributed by atoms with van der Waals surface area (Å²) in [5, 5.41) is 2.68. The second-order valence-corrected chi connectivity index (χ2v) is 5.75. The molecule has 0 fully saturated rings. The lowest BCUT2D eigenvalue weighted by Crippen LogP contribution is -2.36. The van der Waals surface area contributed by atoms with Gasteiger partial charge in [0.15, 0.2) is 0 Å². The summed E-state index contributed by atoms with van der Waals surface area (Å²) < 4.78 is 39.5. The Hall–Kier alpha value is -2.34. The molecule has 0 saturated carbocycles. The smallest absolute Gasteiger partial charge is 0.234 e. The molecule has 0 unspecified atom stereocenters. The van der Waals surface area contributed by atoms with Gasteiger partial charge in [-0.2, -0.15) is 0 Å². The van der Waals surface area contributed by atoms with Crippen molar-refractivity contribution in [3.05, 3.63) is 71.0 Å². The minimum Gasteiger partial charge on any atom is -0.348 e. The number of nitrogens with one attached hydrogen (secondary N) is 1. The van der Waals surface area contributed by atoms with Gasteiger partial charge in [0.1, 0.15) is 17.5 Å². The van der Waals surface area contributed by atoms with E-state index in [0.717, 1.165) is 17.7 Å². The van der Waals surface area contributed by atoms with E-state index in [0.29, 0.717) is 6.54 Å². The Morgan fingerprint density at radius 1 is 1.08 bits per heavy atom. The fourth-order valence-corrected chi connectivity index (χ4v) is 2.42. The van der Waals surface area contributed by atoms with E-state index in [1.54, 1.807) is 31.0 Å². The Balaban J connectivity index is 1.88. The lowest BCUT2D eigenvalue weighted by Gasteiger charge is -2.19. The summed E-state index contributed by atoms with van der Waals surface area (Å²) in [5.41, 5.74) is 1.11. The minimum atomic E-state index is -0.692. The summed E-state index contributed by atoms with van der Waals surface area (Å²) in [6.07, 6.45) is 0. The highest BCUT2D eigenvalue weighted by Gasteiger charge is 2.15. The molecule has 2 rings (SSSR count). The average molecular weight is 336 g/mol. The highest BCUT2D eigenvalue weighted by molar-refractivity contribution is 5.78. The van der Waals surface area contributed by atoms with E-state index in [4.69, 9.17) is 0 Å². The molecule has 2 aromatic rings. The minimum absolute atomic E-state index is 0.102. The van der Waals surface area contributed by atoms with Crippen LogP contribution in [0.5, 0.6) is 0 Å². The zero-order valence-electron chi connectivity index (χ0n) is 13.5. The molecule has 6 heteroatoms. The second-order valence-electron chi connectivity index (χ2n) is 5.75. The number of benzene rings is 2. The van der Waals surface area contributed by atoms with Gasteiger partial charge in [0.25, 0.3) is 0 Å². The monoisotopic (exact) mass is 336 g/mol. The molecule has 1 N–H and O–H groups in total. The molecular formula is C18H19F3N2O. The Kier molecular flexibility index (Phi) is 5.98. The van der Waals surface area contributed by atoms with E-state index in [-0.39, 0.29) is 23.8 Å². The van der Waals surface area contributed by atoms with Crippen molar-refractivity contribution < 1.29 is 18.0 Å². The Morgan fingerprint density at radius 2 is 1.71 bits per heavy atom. The van der Waals surface area contributed by atoms with Gasteiger partial charge in [-0.25, -0.2) is 13.2 Å². The van der Waals surface area contributed by atoms with Crippen molar-refractivity contribution in [2.75, 3.05) is 13.6 Å². The van der Waals surface area contributed by atoms with E-state index in [1.165, 1.54) is 18.2 Å². The first-order valence-electron chi connectivity index (χ1n) is 7.52.